The van der Waals surface area contributed by atoms with E-state index in [2.05, 4.69) is 5.32 Å². The third-order valence-corrected chi connectivity index (χ3v) is 3.27. The van der Waals surface area contributed by atoms with Gasteiger partial charge < -0.3 is 16.2 Å². The van der Waals surface area contributed by atoms with Crippen LogP contribution in [0.3, 0.4) is 0 Å². The van der Waals surface area contributed by atoms with E-state index in [4.69, 9.17) is 5.73 Å². The molecule has 20 heavy (non-hydrogen) atoms. The lowest BCUT2D eigenvalue weighted by atomic mass is 10.0. The van der Waals surface area contributed by atoms with Gasteiger partial charge in [-0.05, 0) is 35.4 Å². The van der Waals surface area contributed by atoms with Crippen molar-refractivity contribution >= 4 is 16.7 Å². The van der Waals surface area contributed by atoms with Crippen LogP contribution in [0.15, 0.2) is 42.5 Å². The van der Waals surface area contributed by atoms with Crippen LogP contribution >= 0.6 is 0 Å². The molecule has 4 N–H and O–H groups in total. The molecule has 4 nitrogen and oxygen atoms in total. The molecule has 0 saturated heterocycles. The number of fused-ring (bicyclic) bond motifs is 1. The average Bonchev–Trinajstić information content (AvgIpc) is 2.46. The van der Waals surface area contributed by atoms with Crippen molar-refractivity contribution in [1.82, 2.24) is 5.32 Å². The zero-order valence-electron chi connectivity index (χ0n) is 11.4. The summed E-state index contributed by atoms with van der Waals surface area (Å²) in [6, 6.07) is 14.0. The van der Waals surface area contributed by atoms with Gasteiger partial charge in [0.05, 0.1) is 6.10 Å². The van der Waals surface area contributed by atoms with E-state index in [0.717, 1.165) is 16.3 Å². The van der Waals surface area contributed by atoms with Gasteiger partial charge in [0, 0.05) is 13.0 Å². The summed E-state index contributed by atoms with van der Waals surface area (Å²) in [6.45, 7) is 1.14. The van der Waals surface area contributed by atoms with Crippen LogP contribution in [-0.4, -0.2) is 24.1 Å². The molecule has 0 saturated carbocycles. The normalized spacial score (nSPS) is 12.4. The minimum Gasteiger partial charge on any atom is -0.387 e. The first-order chi connectivity index (χ1) is 9.66. The van der Waals surface area contributed by atoms with E-state index in [1.807, 2.05) is 42.5 Å². The number of hydrogen-bond acceptors (Lipinski definition) is 3. The van der Waals surface area contributed by atoms with Crippen LogP contribution in [0.25, 0.3) is 10.8 Å². The summed E-state index contributed by atoms with van der Waals surface area (Å²) >= 11 is 0. The van der Waals surface area contributed by atoms with E-state index in [0.29, 0.717) is 25.9 Å². The Morgan fingerprint density at radius 1 is 1.20 bits per heavy atom. The number of aliphatic hydroxyl groups excluding tert-OH is 1. The summed E-state index contributed by atoms with van der Waals surface area (Å²) in [7, 11) is 0. The SMILES string of the molecule is NC(=O)CCCNCC(O)c1ccc2ccccc2c1. The number of rotatable bonds is 7. The van der Waals surface area contributed by atoms with Crippen LogP contribution in [0, 0.1) is 0 Å². The molecule has 0 heterocycles. The van der Waals surface area contributed by atoms with Crippen LogP contribution in [-0.2, 0) is 4.79 Å². The van der Waals surface area contributed by atoms with Crippen LogP contribution in [0.1, 0.15) is 24.5 Å². The number of benzene rings is 2. The van der Waals surface area contributed by atoms with Gasteiger partial charge in [0.1, 0.15) is 0 Å². The van der Waals surface area contributed by atoms with Crippen molar-refractivity contribution in [2.75, 3.05) is 13.1 Å². The van der Waals surface area contributed by atoms with Gasteiger partial charge in [-0.15, -0.1) is 0 Å². The second-order valence-electron chi connectivity index (χ2n) is 4.90. The second kappa shape index (κ2) is 7.03. The van der Waals surface area contributed by atoms with E-state index in [-0.39, 0.29) is 5.91 Å². The van der Waals surface area contributed by atoms with Crippen molar-refractivity contribution in [2.45, 2.75) is 18.9 Å². The monoisotopic (exact) mass is 272 g/mol. The fourth-order valence-corrected chi connectivity index (χ4v) is 2.16. The molecule has 4 heteroatoms. The molecule has 1 unspecified atom stereocenters. The molecule has 0 fully saturated rings. The van der Waals surface area contributed by atoms with Crippen molar-refractivity contribution in [3.63, 3.8) is 0 Å². The molecule has 1 atom stereocenters. The Morgan fingerprint density at radius 2 is 1.95 bits per heavy atom. The molecule has 0 spiro atoms. The fourth-order valence-electron chi connectivity index (χ4n) is 2.16. The summed E-state index contributed by atoms with van der Waals surface area (Å²) < 4.78 is 0. The third-order valence-electron chi connectivity index (χ3n) is 3.27. The highest BCUT2D eigenvalue weighted by Gasteiger charge is 2.07. The highest BCUT2D eigenvalue weighted by molar-refractivity contribution is 5.83. The van der Waals surface area contributed by atoms with E-state index in [1.54, 1.807) is 0 Å². The van der Waals surface area contributed by atoms with Gasteiger partial charge in [-0.3, -0.25) is 4.79 Å². The van der Waals surface area contributed by atoms with Crippen molar-refractivity contribution in [1.29, 1.82) is 0 Å². The Balaban J connectivity index is 1.87. The topological polar surface area (TPSA) is 75.4 Å². The molecule has 106 valence electrons. The standard InChI is InChI=1S/C16H20N2O2/c17-16(20)6-3-9-18-11-15(19)14-8-7-12-4-1-2-5-13(12)10-14/h1-2,4-5,7-8,10,15,18-19H,3,6,9,11H2,(H2,17,20). The molecule has 0 bridgehead atoms. The lowest BCUT2D eigenvalue weighted by Crippen LogP contribution is -2.23. The number of primary amides is 1. The molecule has 1 amide bonds. The van der Waals surface area contributed by atoms with E-state index >= 15 is 0 Å². The van der Waals surface area contributed by atoms with Gasteiger partial charge in [-0.25, -0.2) is 0 Å². The predicted molar refractivity (Wildman–Crippen MR) is 80.2 cm³/mol. The number of carbonyl (C=O) groups excluding carboxylic acids is 1. The maximum Gasteiger partial charge on any atom is 0.217 e. The molecule has 0 aliphatic heterocycles. The molecular formula is C16H20N2O2. The van der Waals surface area contributed by atoms with Crippen molar-refractivity contribution in [3.05, 3.63) is 48.0 Å². The molecule has 0 aromatic heterocycles. The quantitative estimate of drug-likeness (QED) is 0.672. The van der Waals surface area contributed by atoms with Gasteiger partial charge in [0.25, 0.3) is 0 Å². The Bertz CT molecular complexity index is 583. The lowest BCUT2D eigenvalue weighted by molar-refractivity contribution is -0.118. The molecule has 2 rings (SSSR count). The third kappa shape index (κ3) is 4.05. The van der Waals surface area contributed by atoms with Crippen molar-refractivity contribution in [2.24, 2.45) is 5.73 Å². The van der Waals surface area contributed by atoms with Gasteiger partial charge in [-0.1, -0.05) is 36.4 Å². The minimum absolute atomic E-state index is 0.290. The zero-order valence-corrected chi connectivity index (χ0v) is 11.4. The number of nitrogens with two attached hydrogens (primary N) is 1. The van der Waals surface area contributed by atoms with Gasteiger partial charge in [0.15, 0.2) is 0 Å². The Kier molecular flexibility index (Phi) is 5.09. The summed E-state index contributed by atoms with van der Waals surface area (Å²) in [5.41, 5.74) is 5.96. The minimum atomic E-state index is -0.548. The summed E-state index contributed by atoms with van der Waals surface area (Å²) in [4.78, 5) is 10.6. The average molecular weight is 272 g/mol. The maximum atomic E-state index is 10.6. The van der Waals surface area contributed by atoms with E-state index in [1.165, 1.54) is 0 Å². The van der Waals surface area contributed by atoms with Crippen LogP contribution in [0.4, 0.5) is 0 Å². The molecule has 2 aromatic carbocycles. The van der Waals surface area contributed by atoms with E-state index in [9.17, 15) is 9.90 Å². The van der Waals surface area contributed by atoms with Crippen molar-refractivity contribution < 1.29 is 9.90 Å². The van der Waals surface area contributed by atoms with Gasteiger partial charge >= 0.3 is 0 Å². The fraction of sp³-hybridized carbons (Fsp3) is 0.312. The maximum absolute atomic E-state index is 10.6. The first kappa shape index (κ1) is 14.5. The van der Waals surface area contributed by atoms with Gasteiger partial charge in [0.2, 0.25) is 5.91 Å². The van der Waals surface area contributed by atoms with Gasteiger partial charge in [-0.2, -0.15) is 0 Å². The van der Waals surface area contributed by atoms with Crippen LogP contribution in [0.2, 0.25) is 0 Å². The highest BCUT2D eigenvalue weighted by atomic mass is 16.3. The molecular weight excluding hydrogens is 252 g/mol. The number of amides is 1. The summed E-state index contributed by atoms with van der Waals surface area (Å²) in [5.74, 6) is -0.290. The van der Waals surface area contributed by atoms with Crippen LogP contribution < -0.4 is 11.1 Å². The molecule has 2 aromatic rings. The smallest absolute Gasteiger partial charge is 0.217 e. The molecule has 0 aliphatic carbocycles. The Labute approximate surface area is 118 Å². The number of nitrogens with one attached hydrogen (secondary N) is 1. The molecule has 0 aliphatic rings. The lowest BCUT2D eigenvalue weighted by Gasteiger charge is -2.13. The summed E-state index contributed by atoms with van der Waals surface area (Å²) in [6.07, 6.45) is 0.520. The summed E-state index contributed by atoms with van der Waals surface area (Å²) in [5, 5.41) is 15.6. The predicted octanol–water partition coefficient (Wildman–Crippen LogP) is 1.73. The highest BCUT2D eigenvalue weighted by Crippen LogP contribution is 2.19. The number of hydrogen-bond donors (Lipinski definition) is 3. The Hall–Kier alpha value is -1.91. The van der Waals surface area contributed by atoms with Crippen LogP contribution in [0.5, 0.6) is 0 Å². The van der Waals surface area contributed by atoms with E-state index < -0.39 is 6.10 Å². The van der Waals surface area contributed by atoms with Crippen molar-refractivity contribution in [3.8, 4) is 0 Å². The Morgan fingerprint density at radius 3 is 2.70 bits per heavy atom. The number of aliphatic hydroxyl groups is 1. The number of carbonyl (C=O) groups is 1. The largest absolute Gasteiger partial charge is 0.387 e. The first-order valence-electron chi connectivity index (χ1n) is 6.82. The first-order valence-corrected chi connectivity index (χ1v) is 6.82. The zero-order chi connectivity index (χ0) is 14.4. The molecule has 0 radical (unpaired) electrons. The second-order valence-corrected chi connectivity index (χ2v) is 4.90.